The maximum Gasteiger partial charge on any atom is 0.268 e. The van der Waals surface area contributed by atoms with Crippen LogP contribution >= 0.6 is 0 Å². The molecular weight excluding hydrogens is 216 g/mol. The van der Waals surface area contributed by atoms with E-state index in [-0.39, 0.29) is 5.91 Å². The summed E-state index contributed by atoms with van der Waals surface area (Å²) in [6.45, 7) is 5.41. The minimum absolute atomic E-state index is 0.0720. The number of carbonyl (C=O) groups excluding carboxylic acids is 1. The van der Waals surface area contributed by atoms with Crippen molar-refractivity contribution < 1.29 is 4.79 Å². The Labute approximate surface area is 103 Å². The highest BCUT2D eigenvalue weighted by atomic mass is 16.1. The van der Waals surface area contributed by atoms with Gasteiger partial charge < -0.3 is 20.5 Å². The molecule has 0 aliphatic rings. The van der Waals surface area contributed by atoms with Crippen molar-refractivity contribution >= 4 is 11.6 Å². The van der Waals surface area contributed by atoms with E-state index in [1.165, 1.54) is 0 Å². The molecule has 0 bridgehead atoms. The number of carbonyl (C=O) groups is 1. The van der Waals surface area contributed by atoms with Crippen LogP contribution in [0.1, 0.15) is 24.3 Å². The molecule has 1 heterocycles. The van der Waals surface area contributed by atoms with Crippen LogP contribution in [0.2, 0.25) is 0 Å². The minimum Gasteiger partial charge on any atom is -0.397 e. The number of nitrogens with one attached hydrogen (secondary N) is 1. The van der Waals surface area contributed by atoms with Gasteiger partial charge in [-0.2, -0.15) is 0 Å². The summed E-state index contributed by atoms with van der Waals surface area (Å²) in [5.41, 5.74) is 6.93. The number of nitrogens with two attached hydrogens (primary N) is 1. The van der Waals surface area contributed by atoms with E-state index in [0.29, 0.717) is 24.0 Å². The van der Waals surface area contributed by atoms with Gasteiger partial charge in [-0.3, -0.25) is 4.79 Å². The Bertz CT molecular complexity index is 384. The van der Waals surface area contributed by atoms with Gasteiger partial charge in [-0.25, -0.2) is 0 Å². The van der Waals surface area contributed by atoms with E-state index in [4.69, 9.17) is 5.73 Å². The fourth-order valence-corrected chi connectivity index (χ4v) is 1.50. The fourth-order valence-electron chi connectivity index (χ4n) is 1.50. The molecular formula is C12H22N4O. The van der Waals surface area contributed by atoms with Crippen LogP contribution in [-0.4, -0.2) is 42.1 Å². The van der Waals surface area contributed by atoms with Crippen molar-refractivity contribution in [1.29, 1.82) is 0 Å². The Balaban J connectivity index is 2.63. The quantitative estimate of drug-likeness (QED) is 0.796. The van der Waals surface area contributed by atoms with E-state index in [1.807, 2.05) is 25.6 Å². The molecule has 5 heteroatoms. The molecule has 0 radical (unpaired) electrons. The lowest BCUT2D eigenvalue weighted by atomic mass is 10.3. The molecule has 0 aromatic carbocycles. The number of aryl methyl sites for hydroxylation is 1. The van der Waals surface area contributed by atoms with Gasteiger partial charge in [0.1, 0.15) is 5.69 Å². The van der Waals surface area contributed by atoms with Gasteiger partial charge in [0.15, 0.2) is 0 Å². The third kappa shape index (κ3) is 3.49. The molecule has 0 saturated heterocycles. The van der Waals surface area contributed by atoms with E-state index in [2.05, 4.69) is 17.1 Å². The number of rotatable bonds is 5. The molecule has 96 valence electrons. The minimum atomic E-state index is -0.0720. The maximum absolute atomic E-state index is 12.0. The first-order chi connectivity index (χ1) is 7.95. The van der Waals surface area contributed by atoms with Crippen LogP contribution in [0.5, 0.6) is 0 Å². The number of amides is 1. The van der Waals surface area contributed by atoms with Crippen molar-refractivity contribution in [3.05, 3.63) is 18.0 Å². The number of hydrogen-bond acceptors (Lipinski definition) is 3. The number of anilines is 1. The zero-order valence-electron chi connectivity index (χ0n) is 11.0. The summed E-state index contributed by atoms with van der Waals surface area (Å²) in [7, 11) is 3.98. The smallest absolute Gasteiger partial charge is 0.268 e. The summed E-state index contributed by atoms with van der Waals surface area (Å²) in [5.74, 6) is -0.0720. The molecule has 1 aromatic heterocycles. The first-order valence-corrected chi connectivity index (χ1v) is 5.86. The Hall–Kier alpha value is -1.49. The van der Waals surface area contributed by atoms with E-state index in [0.717, 1.165) is 6.54 Å². The first kappa shape index (κ1) is 13.6. The molecule has 0 fully saturated rings. The molecule has 1 amide bonds. The molecule has 1 unspecified atom stereocenters. The number of hydrogen-bond donors (Lipinski definition) is 2. The monoisotopic (exact) mass is 238 g/mol. The molecule has 3 N–H and O–H groups in total. The summed E-state index contributed by atoms with van der Waals surface area (Å²) < 4.78 is 1.85. The van der Waals surface area contributed by atoms with Gasteiger partial charge in [0.05, 0.1) is 5.69 Å². The highest BCUT2D eigenvalue weighted by Crippen LogP contribution is 2.10. The van der Waals surface area contributed by atoms with Crippen molar-refractivity contribution in [2.45, 2.75) is 26.4 Å². The van der Waals surface area contributed by atoms with Crippen molar-refractivity contribution in [3.63, 3.8) is 0 Å². The molecule has 1 rings (SSSR count). The highest BCUT2D eigenvalue weighted by molar-refractivity contribution is 5.93. The van der Waals surface area contributed by atoms with E-state index < -0.39 is 0 Å². The lowest BCUT2D eigenvalue weighted by molar-refractivity contribution is 0.0934. The van der Waals surface area contributed by atoms with E-state index in [1.54, 1.807) is 12.3 Å². The molecule has 0 saturated carbocycles. The summed E-state index contributed by atoms with van der Waals surface area (Å²) >= 11 is 0. The number of likely N-dealkylation sites (N-methyl/N-ethyl adjacent to an activating group) is 1. The largest absolute Gasteiger partial charge is 0.397 e. The zero-order chi connectivity index (χ0) is 13.0. The summed E-state index contributed by atoms with van der Waals surface area (Å²) in [6, 6.07) is 2.01. The van der Waals surface area contributed by atoms with Crippen LogP contribution in [0.25, 0.3) is 0 Å². The molecule has 17 heavy (non-hydrogen) atoms. The second-order valence-corrected chi connectivity index (χ2v) is 4.47. The van der Waals surface area contributed by atoms with Crippen molar-refractivity contribution in [1.82, 2.24) is 14.8 Å². The summed E-state index contributed by atoms with van der Waals surface area (Å²) in [6.07, 6.45) is 1.78. The van der Waals surface area contributed by atoms with Crippen LogP contribution in [0.4, 0.5) is 5.69 Å². The van der Waals surface area contributed by atoms with Gasteiger partial charge in [0, 0.05) is 25.3 Å². The second kappa shape index (κ2) is 5.72. The maximum atomic E-state index is 12.0. The van der Waals surface area contributed by atoms with Crippen LogP contribution in [0, 0.1) is 0 Å². The van der Waals surface area contributed by atoms with Gasteiger partial charge in [0.2, 0.25) is 0 Å². The topological polar surface area (TPSA) is 63.3 Å². The molecule has 0 aliphatic heterocycles. The van der Waals surface area contributed by atoms with Gasteiger partial charge >= 0.3 is 0 Å². The molecule has 1 aromatic rings. The standard InChI is InChI=1S/C12H22N4O/c1-5-16-8-10(13)6-11(16)12(17)14-7-9(2)15(3)4/h6,8-9H,5,7,13H2,1-4H3,(H,14,17). The van der Waals surface area contributed by atoms with Gasteiger partial charge in [-0.1, -0.05) is 0 Å². The SMILES string of the molecule is CCn1cc(N)cc1C(=O)NCC(C)N(C)C. The predicted molar refractivity (Wildman–Crippen MR) is 70.0 cm³/mol. The van der Waals surface area contributed by atoms with E-state index in [9.17, 15) is 4.79 Å². The van der Waals surface area contributed by atoms with Crippen LogP contribution in [0.15, 0.2) is 12.3 Å². The normalized spacial score (nSPS) is 12.8. The molecule has 0 aliphatic carbocycles. The Morgan fingerprint density at radius 1 is 1.59 bits per heavy atom. The van der Waals surface area contributed by atoms with Gasteiger partial charge in [0.25, 0.3) is 5.91 Å². The third-order valence-corrected chi connectivity index (χ3v) is 2.93. The van der Waals surface area contributed by atoms with E-state index >= 15 is 0 Å². The van der Waals surface area contributed by atoms with Crippen LogP contribution in [0.3, 0.4) is 0 Å². The number of nitrogen functional groups attached to an aromatic ring is 1. The average molecular weight is 238 g/mol. The lowest BCUT2D eigenvalue weighted by Crippen LogP contribution is -2.38. The van der Waals surface area contributed by atoms with Gasteiger partial charge in [-0.05, 0) is 34.0 Å². The zero-order valence-corrected chi connectivity index (χ0v) is 11.0. The van der Waals surface area contributed by atoms with Crippen LogP contribution < -0.4 is 11.1 Å². The third-order valence-electron chi connectivity index (χ3n) is 2.93. The number of nitrogens with zero attached hydrogens (tertiary/aromatic N) is 2. The fraction of sp³-hybridized carbons (Fsp3) is 0.583. The number of aromatic nitrogens is 1. The van der Waals surface area contributed by atoms with Crippen molar-refractivity contribution in [3.8, 4) is 0 Å². The van der Waals surface area contributed by atoms with Crippen LogP contribution in [-0.2, 0) is 6.54 Å². The van der Waals surface area contributed by atoms with Crippen molar-refractivity contribution in [2.75, 3.05) is 26.4 Å². The first-order valence-electron chi connectivity index (χ1n) is 5.86. The second-order valence-electron chi connectivity index (χ2n) is 4.47. The molecule has 0 spiro atoms. The summed E-state index contributed by atoms with van der Waals surface area (Å²) in [5, 5.41) is 2.91. The Morgan fingerprint density at radius 3 is 2.76 bits per heavy atom. The van der Waals surface area contributed by atoms with Gasteiger partial charge in [-0.15, -0.1) is 0 Å². The predicted octanol–water partition coefficient (Wildman–Crippen LogP) is 0.770. The Morgan fingerprint density at radius 2 is 2.24 bits per heavy atom. The Kier molecular flexibility index (Phi) is 4.57. The highest BCUT2D eigenvalue weighted by Gasteiger charge is 2.13. The van der Waals surface area contributed by atoms with Crippen molar-refractivity contribution in [2.24, 2.45) is 0 Å². The summed E-state index contributed by atoms with van der Waals surface area (Å²) in [4.78, 5) is 14.0. The average Bonchev–Trinajstić information content (AvgIpc) is 2.66. The molecule has 1 atom stereocenters. The lowest BCUT2D eigenvalue weighted by Gasteiger charge is -2.20. The molecule has 5 nitrogen and oxygen atoms in total.